The zero-order chi connectivity index (χ0) is 12.4. The van der Waals surface area contributed by atoms with Crippen molar-refractivity contribution in [1.82, 2.24) is 4.90 Å². The Bertz CT molecular complexity index is 414. The first kappa shape index (κ1) is 11.9. The van der Waals surface area contributed by atoms with Gasteiger partial charge in [0.2, 0.25) is 0 Å². The van der Waals surface area contributed by atoms with Gasteiger partial charge in [-0.25, -0.2) is 9.18 Å². The maximum Gasteiger partial charge on any atom is 0.338 e. The largest absolute Gasteiger partial charge is 0.478 e. The maximum absolute atomic E-state index is 13.5. The molecule has 92 valence electrons. The van der Waals surface area contributed by atoms with Crippen LogP contribution in [0.2, 0.25) is 0 Å². The summed E-state index contributed by atoms with van der Waals surface area (Å²) >= 11 is 0. The molecular weight excluding hydrogens is 225 g/mol. The molecule has 4 nitrogen and oxygen atoms in total. The van der Waals surface area contributed by atoms with Crippen LogP contribution in [0.5, 0.6) is 0 Å². The summed E-state index contributed by atoms with van der Waals surface area (Å²) in [5.74, 6) is -1.97. The lowest BCUT2D eigenvalue weighted by atomic mass is 9.92. The van der Waals surface area contributed by atoms with E-state index >= 15 is 0 Å². The van der Waals surface area contributed by atoms with Crippen molar-refractivity contribution in [2.24, 2.45) is 5.92 Å². The van der Waals surface area contributed by atoms with Crippen LogP contribution in [0.25, 0.3) is 0 Å². The smallest absolute Gasteiger partial charge is 0.338 e. The van der Waals surface area contributed by atoms with E-state index in [1.165, 1.54) is 12.2 Å². The normalized spacial score (nSPS) is 26.6. The molecule has 0 fully saturated rings. The molecule has 2 unspecified atom stereocenters. The second kappa shape index (κ2) is 4.71. The summed E-state index contributed by atoms with van der Waals surface area (Å²) in [6, 6.07) is -0.115. The molecule has 2 atom stereocenters. The zero-order valence-corrected chi connectivity index (χ0v) is 9.47. The molecule has 1 heterocycles. The number of carboxylic acids is 1. The van der Waals surface area contributed by atoms with E-state index in [1.807, 2.05) is 17.2 Å². The molecule has 1 aliphatic carbocycles. The lowest BCUT2D eigenvalue weighted by Crippen LogP contribution is -2.34. The Morgan fingerprint density at radius 1 is 1.59 bits per heavy atom. The number of fused-ring (bicyclic) bond motifs is 1. The highest BCUT2D eigenvalue weighted by Gasteiger charge is 2.32. The van der Waals surface area contributed by atoms with Gasteiger partial charge in [0.25, 0.3) is 0 Å². The predicted octanol–water partition coefficient (Wildman–Crippen LogP) is 1.32. The monoisotopic (exact) mass is 239 g/mol. The van der Waals surface area contributed by atoms with Crippen LogP contribution < -0.4 is 0 Å². The van der Waals surface area contributed by atoms with Crippen LogP contribution in [-0.2, 0) is 9.53 Å². The Morgan fingerprint density at radius 3 is 3.00 bits per heavy atom. The van der Waals surface area contributed by atoms with Crippen molar-refractivity contribution in [3.63, 3.8) is 0 Å². The molecular formula is C12H14FNO3. The van der Waals surface area contributed by atoms with Crippen LogP contribution >= 0.6 is 0 Å². The first-order valence-electron chi connectivity index (χ1n) is 5.39. The topological polar surface area (TPSA) is 49.8 Å². The summed E-state index contributed by atoms with van der Waals surface area (Å²) < 4.78 is 18.4. The number of hydrogen-bond donors (Lipinski definition) is 1. The van der Waals surface area contributed by atoms with E-state index in [0.717, 1.165) is 0 Å². The highest BCUT2D eigenvalue weighted by molar-refractivity contribution is 5.91. The third-order valence-corrected chi connectivity index (χ3v) is 2.99. The van der Waals surface area contributed by atoms with Gasteiger partial charge in [0.05, 0.1) is 18.2 Å². The number of nitrogens with zero attached hydrogens (tertiary/aromatic N) is 1. The quantitative estimate of drug-likeness (QED) is 0.804. The molecule has 0 aromatic rings. The Balaban J connectivity index is 2.17. The van der Waals surface area contributed by atoms with Gasteiger partial charge in [-0.05, 0) is 18.4 Å². The molecule has 0 saturated carbocycles. The van der Waals surface area contributed by atoms with Gasteiger partial charge in [-0.1, -0.05) is 6.08 Å². The van der Waals surface area contributed by atoms with E-state index in [9.17, 15) is 9.18 Å². The van der Waals surface area contributed by atoms with Gasteiger partial charge in [-0.3, -0.25) is 0 Å². The molecule has 0 amide bonds. The van der Waals surface area contributed by atoms with Crippen LogP contribution in [0.1, 0.15) is 0 Å². The molecule has 17 heavy (non-hydrogen) atoms. The summed E-state index contributed by atoms with van der Waals surface area (Å²) in [4.78, 5) is 12.8. The van der Waals surface area contributed by atoms with E-state index in [2.05, 4.69) is 0 Å². The summed E-state index contributed by atoms with van der Waals surface area (Å²) in [5, 5.41) is 8.88. The van der Waals surface area contributed by atoms with Crippen LogP contribution in [0.15, 0.2) is 35.8 Å². The van der Waals surface area contributed by atoms with E-state index in [0.29, 0.717) is 13.2 Å². The van der Waals surface area contributed by atoms with Crippen molar-refractivity contribution >= 4 is 5.97 Å². The van der Waals surface area contributed by atoms with Crippen LogP contribution in [0, 0.1) is 5.92 Å². The van der Waals surface area contributed by atoms with E-state index in [1.54, 1.807) is 7.11 Å². The summed E-state index contributed by atoms with van der Waals surface area (Å²) in [6.45, 7) is 1.21. The molecule has 0 spiro atoms. The van der Waals surface area contributed by atoms with Crippen LogP contribution in [0.3, 0.4) is 0 Å². The molecule has 0 saturated heterocycles. The molecule has 0 aromatic heterocycles. The number of carboxylic acid groups (broad SMARTS) is 1. The first-order valence-corrected chi connectivity index (χ1v) is 5.39. The lowest BCUT2D eigenvalue weighted by molar-refractivity contribution is -0.132. The minimum absolute atomic E-state index is 0.0880. The highest BCUT2D eigenvalue weighted by Crippen LogP contribution is 2.32. The average Bonchev–Trinajstić information content (AvgIpc) is 2.67. The second-order valence-corrected chi connectivity index (χ2v) is 4.04. The minimum Gasteiger partial charge on any atom is -0.478 e. The summed E-state index contributed by atoms with van der Waals surface area (Å²) in [6.07, 6.45) is 6.56. The molecule has 2 rings (SSSR count). The first-order chi connectivity index (χ1) is 8.13. The van der Waals surface area contributed by atoms with Gasteiger partial charge in [-0.15, -0.1) is 0 Å². The molecule has 0 bridgehead atoms. The number of rotatable bonds is 4. The number of ether oxygens (including phenoxy) is 1. The number of hydrogen-bond acceptors (Lipinski definition) is 3. The number of halogens is 1. The Hall–Kier alpha value is -1.62. The number of aliphatic carboxylic acids is 1. The standard InChI is InChI=1S/C12H14FNO3/c1-17-5-4-14-3-2-8-6-10(13)9(12(15)16)7-11(8)14/h2-3,6-8,11H,4-5H2,1H3,(H,15,16). The van der Waals surface area contributed by atoms with Gasteiger partial charge < -0.3 is 14.7 Å². The fourth-order valence-electron chi connectivity index (χ4n) is 2.11. The van der Waals surface area contributed by atoms with Gasteiger partial charge in [0.1, 0.15) is 5.83 Å². The van der Waals surface area contributed by atoms with Crippen molar-refractivity contribution in [2.75, 3.05) is 20.3 Å². The van der Waals surface area contributed by atoms with E-state index in [-0.39, 0.29) is 17.5 Å². The molecule has 1 aliphatic heterocycles. The highest BCUT2D eigenvalue weighted by atomic mass is 19.1. The molecule has 2 aliphatic rings. The lowest BCUT2D eigenvalue weighted by Gasteiger charge is -2.28. The summed E-state index contributed by atoms with van der Waals surface area (Å²) in [7, 11) is 1.61. The third-order valence-electron chi connectivity index (χ3n) is 2.99. The van der Waals surface area contributed by atoms with Gasteiger partial charge in [0, 0.05) is 19.6 Å². The average molecular weight is 239 g/mol. The van der Waals surface area contributed by atoms with Gasteiger partial charge >= 0.3 is 5.97 Å². The predicted molar refractivity (Wildman–Crippen MR) is 59.9 cm³/mol. The fourth-order valence-corrected chi connectivity index (χ4v) is 2.11. The zero-order valence-electron chi connectivity index (χ0n) is 9.47. The Kier molecular flexibility index (Phi) is 3.28. The van der Waals surface area contributed by atoms with Crippen molar-refractivity contribution in [1.29, 1.82) is 0 Å². The minimum atomic E-state index is -1.23. The SMILES string of the molecule is COCCN1C=CC2C=C(F)C(C(=O)O)=CC21. The Labute approximate surface area is 98.7 Å². The fraction of sp³-hybridized carbons (Fsp3) is 0.417. The number of carbonyl (C=O) groups is 1. The van der Waals surface area contributed by atoms with Crippen molar-refractivity contribution in [3.8, 4) is 0 Å². The Morgan fingerprint density at radius 2 is 2.35 bits per heavy atom. The maximum atomic E-state index is 13.5. The molecule has 0 radical (unpaired) electrons. The van der Waals surface area contributed by atoms with Crippen LogP contribution in [-0.4, -0.2) is 42.3 Å². The van der Waals surface area contributed by atoms with Crippen molar-refractivity contribution < 1.29 is 19.0 Å². The second-order valence-electron chi connectivity index (χ2n) is 4.04. The summed E-state index contributed by atoms with van der Waals surface area (Å²) in [5.41, 5.74) is -0.252. The van der Waals surface area contributed by atoms with Crippen LogP contribution in [0.4, 0.5) is 4.39 Å². The number of methoxy groups -OCH3 is 1. The van der Waals surface area contributed by atoms with Crippen molar-refractivity contribution in [3.05, 3.63) is 35.8 Å². The molecule has 1 N–H and O–H groups in total. The van der Waals surface area contributed by atoms with E-state index < -0.39 is 11.8 Å². The molecule has 5 heteroatoms. The third kappa shape index (κ3) is 2.24. The van der Waals surface area contributed by atoms with E-state index in [4.69, 9.17) is 9.84 Å². The van der Waals surface area contributed by atoms with Gasteiger partial charge in [0.15, 0.2) is 0 Å². The van der Waals surface area contributed by atoms with Crippen molar-refractivity contribution in [2.45, 2.75) is 6.04 Å². The van der Waals surface area contributed by atoms with Gasteiger partial charge in [-0.2, -0.15) is 0 Å². The molecule has 0 aromatic carbocycles.